The van der Waals surface area contributed by atoms with Crippen molar-refractivity contribution in [1.29, 1.82) is 0 Å². The number of rotatable bonds is 3. The normalized spacial score (nSPS) is 10.6. The van der Waals surface area contributed by atoms with Crippen molar-refractivity contribution in [2.45, 2.75) is 6.54 Å². The Kier molecular flexibility index (Phi) is 4.75. The largest absolute Gasteiger partial charge is 1.00 e. The first kappa shape index (κ1) is 15.7. The van der Waals surface area contributed by atoms with Crippen molar-refractivity contribution in [2.75, 3.05) is 13.7 Å². The maximum absolute atomic E-state index is 13.5. The average Bonchev–Trinajstić information content (AvgIpc) is 2.47. The van der Waals surface area contributed by atoms with Crippen LogP contribution in [-0.2, 0) is 6.54 Å². The molecule has 110 valence electrons. The second-order valence-electron chi connectivity index (χ2n) is 4.66. The van der Waals surface area contributed by atoms with Crippen LogP contribution in [0.4, 0.5) is 4.39 Å². The molecule has 0 saturated carbocycles. The van der Waals surface area contributed by atoms with Gasteiger partial charge in [0.1, 0.15) is 18.2 Å². The molecule has 1 aromatic heterocycles. The molecule has 0 spiro atoms. The summed E-state index contributed by atoms with van der Waals surface area (Å²) in [6.07, 6.45) is 1.91. The molecule has 0 saturated heterocycles. The van der Waals surface area contributed by atoms with Crippen molar-refractivity contribution in [3.8, 4) is 5.75 Å². The van der Waals surface area contributed by atoms with E-state index in [0.29, 0.717) is 6.54 Å². The molecule has 1 heterocycles. The van der Waals surface area contributed by atoms with Crippen molar-refractivity contribution in [2.24, 2.45) is 0 Å². The van der Waals surface area contributed by atoms with E-state index in [-0.39, 0.29) is 29.4 Å². The first-order valence-corrected chi connectivity index (χ1v) is 6.43. The fourth-order valence-electron chi connectivity index (χ4n) is 2.52. The topological polar surface area (TPSA) is 33.3 Å². The van der Waals surface area contributed by atoms with Crippen LogP contribution in [0.3, 0.4) is 0 Å². The summed E-state index contributed by atoms with van der Waals surface area (Å²) in [6, 6.07) is 10.5. The standard InChI is InChI=1S/C16H15FNO2.BrH/c1-20-13-3-5-14-11(8-13)10-18(6-7-19)16-9-12(17)2-4-15(14)16;/h2-5,8-10,19H,6-7H2,1H3;1H/q+1;/p-1. The molecule has 0 aliphatic heterocycles. The van der Waals surface area contributed by atoms with E-state index in [2.05, 4.69) is 0 Å². The van der Waals surface area contributed by atoms with E-state index in [1.54, 1.807) is 13.2 Å². The van der Waals surface area contributed by atoms with Gasteiger partial charge in [0.25, 0.3) is 0 Å². The van der Waals surface area contributed by atoms with Crippen LogP contribution in [0, 0.1) is 5.82 Å². The Balaban J connectivity index is 0.00000161. The SMILES string of the molecule is COc1ccc2c(c1)c[n+](CCO)c1cc(F)ccc21.[Br-]. The Morgan fingerprint density at radius 2 is 1.90 bits per heavy atom. The Bertz CT molecular complexity index is 792. The lowest BCUT2D eigenvalue weighted by atomic mass is 10.1. The average molecular weight is 352 g/mol. The van der Waals surface area contributed by atoms with E-state index >= 15 is 0 Å². The molecule has 0 atom stereocenters. The number of methoxy groups -OCH3 is 1. The highest BCUT2D eigenvalue weighted by Gasteiger charge is 2.14. The molecule has 5 heteroatoms. The first-order valence-electron chi connectivity index (χ1n) is 6.43. The number of benzene rings is 2. The predicted octanol–water partition coefficient (Wildman–Crippen LogP) is -0.575. The summed E-state index contributed by atoms with van der Waals surface area (Å²) in [7, 11) is 1.62. The Labute approximate surface area is 132 Å². The number of hydrogen-bond acceptors (Lipinski definition) is 2. The maximum atomic E-state index is 13.5. The number of ether oxygens (including phenoxy) is 1. The van der Waals surface area contributed by atoms with E-state index in [4.69, 9.17) is 4.74 Å². The molecule has 0 radical (unpaired) electrons. The van der Waals surface area contributed by atoms with Gasteiger partial charge in [-0.1, -0.05) is 0 Å². The lowest BCUT2D eigenvalue weighted by Gasteiger charge is -2.06. The van der Waals surface area contributed by atoms with E-state index in [0.717, 1.165) is 27.4 Å². The van der Waals surface area contributed by atoms with Gasteiger partial charge in [0.2, 0.25) is 5.52 Å². The highest BCUT2D eigenvalue weighted by atomic mass is 79.9. The van der Waals surface area contributed by atoms with Gasteiger partial charge < -0.3 is 26.8 Å². The van der Waals surface area contributed by atoms with Crippen molar-refractivity contribution in [3.05, 3.63) is 48.4 Å². The van der Waals surface area contributed by atoms with Crippen LogP contribution >= 0.6 is 0 Å². The molecular formula is C16H15BrFNO2. The van der Waals surface area contributed by atoms with E-state index in [1.807, 2.05) is 29.0 Å². The molecule has 2 aromatic carbocycles. The number of pyridine rings is 1. The molecule has 1 N–H and O–H groups in total. The van der Waals surface area contributed by atoms with Crippen LogP contribution in [0.2, 0.25) is 0 Å². The fourth-order valence-corrected chi connectivity index (χ4v) is 2.52. The van der Waals surface area contributed by atoms with Crippen molar-refractivity contribution >= 4 is 21.7 Å². The van der Waals surface area contributed by atoms with Crippen molar-refractivity contribution < 1.29 is 35.8 Å². The number of halogens is 2. The summed E-state index contributed by atoms with van der Waals surface area (Å²) in [5.41, 5.74) is 0.775. The third kappa shape index (κ3) is 2.84. The van der Waals surface area contributed by atoms with E-state index < -0.39 is 0 Å². The molecule has 0 bridgehead atoms. The number of nitrogens with zero attached hydrogens (tertiary/aromatic N) is 1. The minimum absolute atomic E-state index is 0. The number of aliphatic hydroxyl groups is 1. The zero-order valence-corrected chi connectivity index (χ0v) is 13.1. The molecule has 0 aliphatic carbocycles. The van der Waals surface area contributed by atoms with Crippen LogP contribution in [0.5, 0.6) is 5.75 Å². The molecule has 3 aromatic rings. The minimum atomic E-state index is -0.281. The summed E-state index contributed by atoms with van der Waals surface area (Å²) in [4.78, 5) is 0. The number of fused-ring (bicyclic) bond motifs is 3. The van der Waals surface area contributed by atoms with Crippen LogP contribution in [0.15, 0.2) is 42.6 Å². The van der Waals surface area contributed by atoms with Gasteiger partial charge in [-0.15, -0.1) is 0 Å². The van der Waals surface area contributed by atoms with Gasteiger partial charge >= 0.3 is 0 Å². The molecule has 0 aliphatic rings. The van der Waals surface area contributed by atoms with Crippen molar-refractivity contribution in [3.63, 3.8) is 0 Å². The van der Waals surface area contributed by atoms with E-state index in [1.165, 1.54) is 12.1 Å². The van der Waals surface area contributed by atoms with Gasteiger partial charge in [-0.3, -0.25) is 0 Å². The second-order valence-corrected chi connectivity index (χ2v) is 4.66. The Hall–Kier alpha value is -1.72. The maximum Gasteiger partial charge on any atom is 0.216 e. The third-order valence-corrected chi connectivity index (χ3v) is 3.45. The molecule has 3 nitrogen and oxygen atoms in total. The zero-order chi connectivity index (χ0) is 14.1. The van der Waals surface area contributed by atoms with Gasteiger partial charge in [-0.25, -0.2) is 4.39 Å². The van der Waals surface area contributed by atoms with Gasteiger partial charge in [-0.05, 0) is 30.3 Å². The third-order valence-electron chi connectivity index (χ3n) is 3.45. The van der Waals surface area contributed by atoms with Crippen LogP contribution in [0.1, 0.15) is 0 Å². The summed E-state index contributed by atoms with van der Waals surface area (Å²) < 4.78 is 20.6. The monoisotopic (exact) mass is 351 g/mol. The van der Waals surface area contributed by atoms with Crippen molar-refractivity contribution in [1.82, 2.24) is 0 Å². The zero-order valence-electron chi connectivity index (χ0n) is 11.5. The number of aliphatic hydroxyl groups excluding tert-OH is 1. The predicted molar refractivity (Wildman–Crippen MR) is 75.2 cm³/mol. The Morgan fingerprint density at radius 1 is 1.14 bits per heavy atom. The summed E-state index contributed by atoms with van der Waals surface area (Å²) >= 11 is 0. The Morgan fingerprint density at radius 3 is 2.62 bits per heavy atom. The fraction of sp³-hybridized carbons (Fsp3) is 0.188. The minimum Gasteiger partial charge on any atom is -1.00 e. The number of hydrogen-bond donors (Lipinski definition) is 1. The van der Waals surface area contributed by atoms with E-state index in [9.17, 15) is 9.50 Å². The lowest BCUT2D eigenvalue weighted by molar-refractivity contribution is -0.671. The number of aromatic nitrogens is 1. The summed E-state index contributed by atoms with van der Waals surface area (Å²) in [5.74, 6) is 0.492. The molecule has 21 heavy (non-hydrogen) atoms. The smallest absolute Gasteiger partial charge is 0.216 e. The second kappa shape index (κ2) is 6.37. The lowest BCUT2D eigenvalue weighted by Crippen LogP contribution is -3.00. The molecule has 0 unspecified atom stereocenters. The van der Waals surface area contributed by atoms with Gasteiger partial charge in [-0.2, -0.15) is 4.57 Å². The summed E-state index contributed by atoms with van der Waals surface area (Å²) in [6.45, 7) is 0.429. The van der Waals surface area contributed by atoms with Gasteiger partial charge in [0.05, 0.1) is 17.9 Å². The quantitative estimate of drug-likeness (QED) is 0.506. The molecule has 0 amide bonds. The van der Waals surface area contributed by atoms with Crippen LogP contribution < -0.4 is 26.3 Å². The molecule has 3 rings (SSSR count). The highest BCUT2D eigenvalue weighted by molar-refractivity contribution is 6.04. The van der Waals surface area contributed by atoms with Crippen LogP contribution in [0.25, 0.3) is 21.7 Å². The first-order chi connectivity index (χ1) is 9.72. The molecule has 0 fully saturated rings. The summed E-state index contributed by atoms with van der Waals surface area (Å²) in [5, 5.41) is 12.2. The van der Waals surface area contributed by atoms with Crippen LogP contribution in [-0.4, -0.2) is 18.8 Å². The van der Waals surface area contributed by atoms with Gasteiger partial charge in [0.15, 0.2) is 12.7 Å². The highest BCUT2D eigenvalue weighted by Crippen LogP contribution is 2.26. The van der Waals surface area contributed by atoms with Gasteiger partial charge in [0, 0.05) is 11.5 Å². The molecular weight excluding hydrogens is 337 g/mol.